The molecule has 2 rings (SSSR count). The van der Waals surface area contributed by atoms with E-state index in [0.717, 1.165) is 37.1 Å². The van der Waals surface area contributed by atoms with Crippen molar-refractivity contribution < 1.29 is 85.1 Å². The minimum Gasteiger partial charge on any atom is -0.744 e. The van der Waals surface area contributed by atoms with Crippen molar-refractivity contribution in [3.63, 3.8) is 0 Å². The van der Waals surface area contributed by atoms with Crippen molar-refractivity contribution in [2.24, 2.45) is 4.99 Å². The van der Waals surface area contributed by atoms with E-state index in [0.29, 0.717) is 11.8 Å². The van der Waals surface area contributed by atoms with Crippen LogP contribution in [-0.2, 0) is 20.2 Å². The second kappa shape index (κ2) is 11.9. The van der Waals surface area contributed by atoms with Crippen LogP contribution in [0.2, 0.25) is 0 Å². The fourth-order valence-corrected chi connectivity index (χ4v) is 3.73. The Bertz CT molecular complexity index is 1050. The zero-order valence-electron chi connectivity index (χ0n) is 16.7. The maximum atomic E-state index is 11.4. The topological polar surface area (TPSA) is 130 Å². The smallest absolute Gasteiger partial charge is 0.744 e. The maximum Gasteiger partial charge on any atom is 1.00 e. The van der Waals surface area contributed by atoms with Crippen LogP contribution in [0.25, 0.3) is 0 Å². The zero-order valence-corrected chi connectivity index (χ0v) is 22.3. The molecule has 0 aliphatic heterocycles. The minimum atomic E-state index is -5.00. The van der Waals surface area contributed by atoms with E-state index >= 15 is 0 Å². The molecule has 146 valence electrons. The van der Waals surface area contributed by atoms with E-state index in [1.165, 1.54) is 0 Å². The Morgan fingerprint density at radius 2 is 1.45 bits per heavy atom. The number of aliphatic imine (C=N–C) groups is 1. The standard InChI is InChI=1S/C17H20N2O6S2.2Na/c1-3-19(4-2)15-8-6-14(7-9-15)18-12-13-5-10-16(26(20,21)22)11-17(13)27(23,24)25;;/h5-12H,3-4H2,1-2H3,(H,20,21,22)(H,23,24,25);;/q;2*+1/p-2. The molecule has 12 heteroatoms. The van der Waals surface area contributed by atoms with Crippen molar-refractivity contribution in [2.75, 3.05) is 18.0 Å². The first-order chi connectivity index (χ1) is 12.6. The molecule has 2 aromatic carbocycles. The Morgan fingerprint density at radius 3 is 1.90 bits per heavy atom. The fourth-order valence-electron chi connectivity index (χ4n) is 2.48. The van der Waals surface area contributed by atoms with Gasteiger partial charge in [-0.15, -0.1) is 0 Å². The van der Waals surface area contributed by atoms with Crippen LogP contribution < -0.4 is 64.0 Å². The molecule has 2 aromatic rings. The van der Waals surface area contributed by atoms with Crippen molar-refractivity contribution in [1.29, 1.82) is 0 Å². The van der Waals surface area contributed by atoms with Gasteiger partial charge in [-0.2, -0.15) is 0 Å². The quantitative estimate of drug-likeness (QED) is 0.237. The average molecular weight is 456 g/mol. The van der Waals surface area contributed by atoms with Crippen LogP contribution >= 0.6 is 0 Å². The number of nitrogens with zero attached hydrogens (tertiary/aromatic N) is 2. The molecule has 0 atom stereocenters. The van der Waals surface area contributed by atoms with E-state index in [2.05, 4.69) is 9.89 Å². The fraction of sp³-hybridized carbons (Fsp3) is 0.235. The van der Waals surface area contributed by atoms with Gasteiger partial charge in [-0.1, -0.05) is 6.07 Å². The van der Waals surface area contributed by atoms with Gasteiger partial charge >= 0.3 is 59.1 Å². The molecule has 0 bridgehead atoms. The normalized spacial score (nSPS) is 11.6. The number of anilines is 1. The van der Waals surface area contributed by atoms with Crippen LogP contribution in [0.5, 0.6) is 0 Å². The van der Waals surface area contributed by atoms with E-state index in [4.69, 9.17) is 0 Å². The molecule has 0 unspecified atom stereocenters. The average Bonchev–Trinajstić information content (AvgIpc) is 2.60. The summed E-state index contributed by atoms with van der Waals surface area (Å²) in [5.41, 5.74) is 1.41. The van der Waals surface area contributed by atoms with Gasteiger partial charge in [0.15, 0.2) is 0 Å². The van der Waals surface area contributed by atoms with Gasteiger partial charge in [0.2, 0.25) is 0 Å². The molecule has 0 radical (unpaired) electrons. The molecule has 29 heavy (non-hydrogen) atoms. The van der Waals surface area contributed by atoms with Crippen LogP contribution in [0, 0.1) is 0 Å². The molecule has 0 aromatic heterocycles. The summed E-state index contributed by atoms with van der Waals surface area (Å²) >= 11 is 0. The Balaban J connectivity index is 0.00000392. The van der Waals surface area contributed by atoms with E-state index < -0.39 is 30.0 Å². The Labute approximate surface area is 215 Å². The largest absolute Gasteiger partial charge is 1.00 e. The van der Waals surface area contributed by atoms with Gasteiger partial charge in [-0.05, 0) is 50.2 Å². The van der Waals surface area contributed by atoms with Crippen molar-refractivity contribution >= 4 is 37.8 Å². The number of hydrogen-bond acceptors (Lipinski definition) is 8. The zero-order chi connectivity index (χ0) is 20.2. The van der Waals surface area contributed by atoms with Gasteiger partial charge in [0.05, 0.1) is 15.5 Å². The molecule has 0 aliphatic rings. The summed E-state index contributed by atoms with van der Waals surface area (Å²) < 4.78 is 67.4. The molecule has 8 nitrogen and oxygen atoms in total. The van der Waals surface area contributed by atoms with Gasteiger partial charge in [-0.25, -0.2) is 16.8 Å². The third-order valence-corrected chi connectivity index (χ3v) is 5.60. The van der Waals surface area contributed by atoms with Gasteiger partial charge < -0.3 is 14.0 Å². The molecule has 0 fully saturated rings. The van der Waals surface area contributed by atoms with Crippen LogP contribution in [0.3, 0.4) is 0 Å². The number of rotatable bonds is 7. The monoisotopic (exact) mass is 456 g/mol. The van der Waals surface area contributed by atoms with Crippen molar-refractivity contribution in [3.8, 4) is 0 Å². The first kappa shape index (κ1) is 28.7. The molecule has 0 N–H and O–H groups in total. The SMILES string of the molecule is CCN(CC)c1ccc(N=Cc2ccc(S(=O)(=O)[O-])cc2S(=O)(=O)[O-])cc1.[Na+].[Na+]. The summed E-state index contributed by atoms with van der Waals surface area (Å²) in [4.78, 5) is 4.65. The number of hydrogen-bond donors (Lipinski definition) is 0. The van der Waals surface area contributed by atoms with Crippen LogP contribution in [0.4, 0.5) is 11.4 Å². The Hall–Kier alpha value is -0.270. The molecule has 0 saturated heterocycles. The summed E-state index contributed by atoms with van der Waals surface area (Å²) in [6, 6.07) is 9.72. The second-order valence-electron chi connectivity index (χ2n) is 5.55. The molecular weight excluding hydrogens is 438 g/mol. The van der Waals surface area contributed by atoms with Gasteiger partial charge in [0, 0.05) is 30.6 Å². The van der Waals surface area contributed by atoms with Crippen LogP contribution in [0.1, 0.15) is 19.4 Å². The van der Waals surface area contributed by atoms with Gasteiger partial charge in [0.25, 0.3) is 0 Å². The summed E-state index contributed by atoms with van der Waals surface area (Å²) in [6.45, 7) is 5.76. The molecule has 0 amide bonds. The minimum absolute atomic E-state index is 0. The van der Waals surface area contributed by atoms with Gasteiger partial charge in [0.1, 0.15) is 20.2 Å². The van der Waals surface area contributed by atoms with Crippen molar-refractivity contribution in [3.05, 3.63) is 48.0 Å². The summed E-state index contributed by atoms with van der Waals surface area (Å²) in [5, 5.41) is 0. The second-order valence-corrected chi connectivity index (χ2v) is 8.28. The van der Waals surface area contributed by atoms with Crippen molar-refractivity contribution in [2.45, 2.75) is 23.6 Å². The molecule has 0 saturated carbocycles. The molecule has 0 spiro atoms. The third kappa shape index (κ3) is 8.06. The Morgan fingerprint density at radius 1 is 0.897 bits per heavy atom. The number of benzene rings is 2. The van der Waals surface area contributed by atoms with Crippen LogP contribution in [0.15, 0.2) is 57.2 Å². The first-order valence-corrected chi connectivity index (χ1v) is 10.8. The van der Waals surface area contributed by atoms with E-state index in [1.807, 2.05) is 26.0 Å². The molecular formula is C17H18N2Na2O6S2. The molecule has 0 aliphatic carbocycles. The van der Waals surface area contributed by atoms with E-state index in [-0.39, 0.29) is 64.7 Å². The van der Waals surface area contributed by atoms with Crippen LogP contribution in [-0.4, -0.2) is 45.2 Å². The van der Waals surface area contributed by atoms with Gasteiger partial charge in [-0.3, -0.25) is 4.99 Å². The maximum absolute atomic E-state index is 11.4. The van der Waals surface area contributed by atoms with E-state index in [9.17, 15) is 25.9 Å². The summed E-state index contributed by atoms with van der Waals surface area (Å²) in [7, 11) is -9.89. The predicted molar refractivity (Wildman–Crippen MR) is 99.6 cm³/mol. The third-order valence-electron chi connectivity index (χ3n) is 3.87. The first-order valence-electron chi connectivity index (χ1n) is 8.01. The van der Waals surface area contributed by atoms with Crippen molar-refractivity contribution in [1.82, 2.24) is 0 Å². The Kier molecular flexibility index (Phi) is 11.8. The summed E-state index contributed by atoms with van der Waals surface area (Å²) in [5.74, 6) is 0. The summed E-state index contributed by atoms with van der Waals surface area (Å²) in [6.07, 6.45) is 1.14. The molecule has 0 heterocycles. The predicted octanol–water partition coefficient (Wildman–Crippen LogP) is -3.90. The van der Waals surface area contributed by atoms with E-state index in [1.54, 1.807) is 12.1 Å².